The van der Waals surface area contributed by atoms with Gasteiger partial charge in [-0.1, -0.05) is 0 Å². The van der Waals surface area contributed by atoms with E-state index in [0.29, 0.717) is 22.3 Å². The van der Waals surface area contributed by atoms with E-state index in [9.17, 15) is 18.3 Å². The van der Waals surface area contributed by atoms with Gasteiger partial charge in [0.25, 0.3) is 0 Å². The molecule has 3 aromatic rings. The Kier molecular flexibility index (Phi) is 4.75. The number of pyridine rings is 1. The predicted octanol–water partition coefficient (Wildman–Crippen LogP) is 4.71. The van der Waals surface area contributed by atoms with Gasteiger partial charge in [0.15, 0.2) is 0 Å². The molecule has 0 aliphatic rings. The number of aromatic hydroxyl groups is 1. The number of phenols is 1. The molecular weight excluding hydrogens is 343 g/mol. The summed E-state index contributed by atoms with van der Waals surface area (Å²) in [6, 6.07) is 9.45. The fourth-order valence-corrected chi connectivity index (χ4v) is 2.21. The van der Waals surface area contributed by atoms with E-state index < -0.39 is 11.7 Å². The summed E-state index contributed by atoms with van der Waals surface area (Å²) in [5.41, 5.74) is 6.38. The Bertz CT molecular complexity index is 884. The Morgan fingerprint density at radius 2 is 1.79 bits per heavy atom. The monoisotopic (exact) mass is 355 g/mol. The van der Waals surface area contributed by atoms with Gasteiger partial charge in [0.2, 0.25) is 0 Å². The zero-order valence-electron chi connectivity index (χ0n) is 12.1. The van der Waals surface area contributed by atoms with Crippen molar-refractivity contribution in [2.45, 2.75) is 6.18 Å². The number of nitrogen functional groups attached to an aromatic ring is 1. The summed E-state index contributed by atoms with van der Waals surface area (Å²) in [5, 5.41) is 12.9. The van der Waals surface area contributed by atoms with Crippen molar-refractivity contribution in [3.63, 3.8) is 0 Å². The number of hydrogen-bond donors (Lipinski definition) is 3. The second-order valence-corrected chi connectivity index (χ2v) is 4.99. The second-order valence-electron chi connectivity index (χ2n) is 4.99. The minimum Gasteiger partial charge on any atom is -0.506 e. The van der Waals surface area contributed by atoms with Crippen LogP contribution in [0.3, 0.4) is 0 Å². The number of aromatic nitrogens is 1. The molecule has 3 rings (SSSR count). The normalized spacial score (nSPS) is 11.1. The molecule has 8 heteroatoms. The maximum Gasteiger partial charge on any atom is 0.416 e. The third kappa shape index (κ3) is 3.46. The molecular formula is C16H13ClF3N3O. The fourth-order valence-electron chi connectivity index (χ4n) is 2.21. The van der Waals surface area contributed by atoms with Gasteiger partial charge in [0.05, 0.1) is 16.8 Å². The number of nitrogens with two attached hydrogens (primary N) is 1. The standard InChI is InChI=1S/C16H12F3N3O.ClH/c17-16(18,19)9-1-4-13-11(7-9)14(5-6-21-13)22-10-2-3-12(20)15(23)8-10;/h1-8,23H,20H2,(H,21,22);1H. The van der Waals surface area contributed by atoms with E-state index in [-0.39, 0.29) is 23.8 Å². The number of nitrogens with one attached hydrogen (secondary N) is 1. The van der Waals surface area contributed by atoms with E-state index in [4.69, 9.17) is 5.73 Å². The van der Waals surface area contributed by atoms with Crippen molar-refractivity contribution < 1.29 is 18.3 Å². The molecule has 4 N–H and O–H groups in total. The number of benzene rings is 2. The van der Waals surface area contributed by atoms with E-state index in [1.165, 1.54) is 24.4 Å². The fraction of sp³-hybridized carbons (Fsp3) is 0.0625. The zero-order valence-corrected chi connectivity index (χ0v) is 12.9. The van der Waals surface area contributed by atoms with Crippen LogP contribution in [0, 0.1) is 0 Å². The van der Waals surface area contributed by atoms with Gasteiger partial charge in [-0.15, -0.1) is 12.4 Å². The Hall–Kier alpha value is -2.67. The van der Waals surface area contributed by atoms with Gasteiger partial charge in [0.1, 0.15) is 5.75 Å². The molecule has 4 nitrogen and oxygen atoms in total. The highest BCUT2D eigenvalue weighted by Crippen LogP contribution is 2.34. The molecule has 0 aliphatic heterocycles. The lowest BCUT2D eigenvalue weighted by Gasteiger charge is -2.12. The minimum absolute atomic E-state index is 0. The molecule has 2 aromatic carbocycles. The number of halogens is 4. The van der Waals surface area contributed by atoms with Crippen LogP contribution >= 0.6 is 12.4 Å². The van der Waals surface area contributed by atoms with Crippen LogP contribution in [0.25, 0.3) is 10.9 Å². The van der Waals surface area contributed by atoms with E-state index in [1.807, 2.05) is 0 Å². The molecule has 0 bridgehead atoms. The van der Waals surface area contributed by atoms with E-state index in [0.717, 1.165) is 12.1 Å². The van der Waals surface area contributed by atoms with E-state index in [2.05, 4.69) is 10.3 Å². The molecule has 0 spiro atoms. The van der Waals surface area contributed by atoms with Gasteiger partial charge in [-0.05, 0) is 36.4 Å². The molecule has 0 saturated carbocycles. The minimum atomic E-state index is -4.43. The smallest absolute Gasteiger partial charge is 0.416 e. The number of fused-ring (bicyclic) bond motifs is 1. The summed E-state index contributed by atoms with van der Waals surface area (Å²) in [5.74, 6) is -0.107. The number of alkyl halides is 3. The van der Waals surface area contributed by atoms with Crippen LogP contribution in [0.2, 0.25) is 0 Å². The summed E-state index contributed by atoms with van der Waals surface area (Å²) in [6.45, 7) is 0. The van der Waals surface area contributed by atoms with Crippen molar-refractivity contribution >= 4 is 40.4 Å². The van der Waals surface area contributed by atoms with Gasteiger partial charge >= 0.3 is 6.18 Å². The molecule has 0 unspecified atom stereocenters. The molecule has 1 aromatic heterocycles. The highest BCUT2D eigenvalue weighted by atomic mass is 35.5. The highest BCUT2D eigenvalue weighted by Gasteiger charge is 2.30. The summed E-state index contributed by atoms with van der Waals surface area (Å²) in [4.78, 5) is 4.06. The molecule has 0 fully saturated rings. The average Bonchev–Trinajstić information content (AvgIpc) is 2.50. The Morgan fingerprint density at radius 1 is 1.04 bits per heavy atom. The van der Waals surface area contributed by atoms with Crippen LogP contribution in [-0.2, 0) is 6.18 Å². The lowest BCUT2D eigenvalue weighted by Crippen LogP contribution is -2.05. The van der Waals surface area contributed by atoms with Crippen LogP contribution < -0.4 is 11.1 Å². The first-order valence-electron chi connectivity index (χ1n) is 6.66. The first-order valence-corrected chi connectivity index (χ1v) is 6.66. The van der Waals surface area contributed by atoms with Gasteiger partial charge in [-0.2, -0.15) is 13.2 Å². The topological polar surface area (TPSA) is 71.2 Å². The third-order valence-electron chi connectivity index (χ3n) is 3.38. The maximum absolute atomic E-state index is 12.9. The lowest BCUT2D eigenvalue weighted by atomic mass is 10.1. The van der Waals surface area contributed by atoms with Gasteiger partial charge in [-0.25, -0.2) is 0 Å². The molecule has 0 atom stereocenters. The average molecular weight is 356 g/mol. The molecule has 24 heavy (non-hydrogen) atoms. The van der Waals surface area contributed by atoms with Gasteiger partial charge < -0.3 is 16.2 Å². The summed E-state index contributed by atoms with van der Waals surface area (Å²) in [7, 11) is 0. The Balaban J connectivity index is 0.00000208. The van der Waals surface area contributed by atoms with Crippen LogP contribution in [-0.4, -0.2) is 10.1 Å². The van der Waals surface area contributed by atoms with E-state index >= 15 is 0 Å². The van der Waals surface area contributed by atoms with Crippen LogP contribution in [0.5, 0.6) is 5.75 Å². The van der Waals surface area contributed by atoms with Crippen molar-refractivity contribution in [2.24, 2.45) is 0 Å². The van der Waals surface area contributed by atoms with Crippen molar-refractivity contribution in [3.05, 3.63) is 54.2 Å². The Labute approximate surface area is 141 Å². The zero-order chi connectivity index (χ0) is 16.6. The molecule has 0 amide bonds. The summed E-state index contributed by atoms with van der Waals surface area (Å²) >= 11 is 0. The number of hydrogen-bond acceptors (Lipinski definition) is 4. The molecule has 0 radical (unpaired) electrons. The summed E-state index contributed by atoms with van der Waals surface area (Å²) in [6.07, 6.45) is -2.93. The van der Waals surface area contributed by atoms with Gasteiger partial charge in [-0.3, -0.25) is 4.98 Å². The molecule has 1 heterocycles. The lowest BCUT2D eigenvalue weighted by molar-refractivity contribution is -0.137. The van der Waals surface area contributed by atoms with Crippen LogP contribution in [0.4, 0.5) is 30.2 Å². The van der Waals surface area contributed by atoms with E-state index in [1.54, 1.807) is 12.1 Å². The number of rotatable bonds is 2. The van der Waals surface area contributed by atoms with Crippen molar-refractivity contribution in [3.8, 4) is 5.75 Å². The molecule has 0 saturated heterocycles. The van der Waals surface area contributed by atoms with Crippen molar-refractivity contribution in [1.29, 1.82) is 0 Å². The van der Waals surface area contributed by atoms with Crippen molar-refractivity contribution in [1.82, 2.24) is 4.98 Å². The van der Waals surface area contributed by atoms with Crippen LogP contribution in [0.15, 0.2) is 48.7 Å². The number of nitrogens with zero attached hydrogens (tertiary/aromatic N) is 1. The van der Waals surface area contributed by atoms with Gasteiger partial charge in [0, 0.05) is 29.0 Å². The second kappa shape index (κ2) is 6.45. The highest BCUT2D eigenvalue weighted by molar-refractivity contribution is 5.93. The number of phenolic OH excluding ortho intramolecular Hbond substituents is 1. The SMILES string of the molecule is Cl.Nc1ccc(Nc2ccnc3ccc(C(F)(F)F)cc23)cc1O. The third-order valence-corrected chi connectivity index (χ3v) is 3.38. The summed E-state index contributed by atoms with van der Waals surface area (Å²) < 4.78 is 38.7. The first-order chi connectivity index (χ1) is 10.8. The quantitative estimate of drug-likeness (QED) is 0.460. The van der Waals surface area contributed by atoms with Crippen molar-refractivity contribution in [2.75, 3.05) is 11.1 Å². The first kappa shape index (κ1) is 17.7. The number of anilines is 3. The predicted molar refractivity (Wildman–Crippen MR) is 89.8 cm³/mol. The largest absolute Gasteiger partial charge is 0.506 e. The maximum atomic E-state index is 12.9. The molecule has 0 aliphatic carbocycles. The van der Waals surface area contributed by atoms with Crippen LogP contribution in [0.1, 0.15) is 5.56 Å². The molecule has 126 valence electrons. The Morgan fingerprint density at radius 3 is 2.46 bits per heavy atom.